The number of thioether (sulfide) groups is 1. The second kappa shape index (κ2) is 11.2. The number of aromatic amines is 1. The summed E-state index contributed by atoms with van der Waals surface area (Å²) in [6, 6.07) is 23.4. The lowest BCUT2D eigenvalue weighted by Crippen LogP contribution is -2.19. The van der Waals surface area contributed by atoms with Gasteiger partial charge < -0.3 is 14.5 Å². The summed E-state index contributed by atoms with van der Waals surface area (Å²) < 4.78 is 11.3. The smallest absolute Gasteiger partial charge is 0.250 e. The molecular weight excluding hydrogens is 436 g/mol. The first kappa shape index (κ1) is 22.4. The van der Waals surface area contributed by atoms with E-state index < -0.39 is 0 Å². The van der Waals surface area contributed by atoms with Gasteiger partial charge in [0.1, 0.15) is 0 Å². The molecule has 0 aliphatic rings. The van der Waals surface area contributed by atoms with Crippen LogP contribution < -0.4 is 14.9 Å². The van der Waals surface area contributed by atoms with Crippen molar-refractivity contribution >= 4 is 34.9 Å². The van der Waals surface area contributed by atoms with Gasteiger partial charge in [0.2, 0.25) is 0 Å². The number of methoxy groups -OCH3 is 1. The molecule has 0 aliphatic heterocycles. The van der Waals surface area contributed by atoms with Gasteiger partial charge in [0.15, 0.2) is 16.7 Å². The standard InChI is InChI=1S/C25H24N4O3S/c1-31-23-15-19(11-12-22(23)32-14-13-18-7-3-2-4-8-18)16-26-29-24(30)17-33-25-27-20-9-5-6-10-21(20)28-25/h2-12,15-16H,13-14,17H2,1H3,(H,27,28)(H,29,30)/b26-16+. The minimum Gasteiger partial charge on any atom is -0.493 e. The van der Waals surface area contributed by atoms with Gasteiger partial charge >= 0.3 is 0 Å². The predicted octanol–water partition coefficient (Wildman–Crippen LogP) is 4.44. The Balaban J connectivity index is 1.26. The van der Waals surface area contributed by atoms with Crippen LogP contribution in [-0.2, 0) is 11.2 Å². The molecule has 0 spiro atoms. The Morgan fingerprint density at radius 2 is 1.91 bits per heavy atom. The number of aromatic nitrogens is 2. The highest BCUT2D eigenvalue weighted by Crippen LogP contribution is 2.27. The van der Waals surface area contributed by atoms with Crippen LogP contribution in [0.3, 0.4) is 0 Å². The highest BCUT2D eigenvalue weighted by atomic mass is 32.2. The third kappa shape index (κ3) is 6.36. The number of hydrogen-bond acceptors (Lipinski definition) is 6. The quantitative estimate of drug-likeness (QED) is 0.208. The van der Waals surface area contributed by atoms with Crippen LogP contribution in [0, 0.1) is 0 Å². The van der Waals surface area contributed by atoms with Gasteiger partial charge in [0.05, 0.1) is 36.7 Å². The summed E-state index contributed by atoms with van der Waals surface area (Å²) in [6.07, 6.45) is 2.38. The number of fused-ring (bicyclic) bond motifs is 1. The molecule has 2 N–H and O–H groups in total. The van der Waals surface area contributed by atoms with Crippen molar-refractivity contribution in [2.45, 2.75) is 11.6 Å². The van der Waals surface area contributed by atoms with E-state index in [1.54, 1.807) is 13.3 Å². The van der Waals surface area contributed by atoms with E-state index in [2.05, 4.69) is 32.6 Å². The van der Waals surface area contributed by atoms with Gasteiger partial charge in [-0.25, -0.2) is 10.4 Å². The molecule has 33 heavy (non-hydrogen) atoms. The molecule has 0 bridgehead atoms. The fraction of sp³-hybridized carbons (Fsp3) is 0.160. The van der Waals surface area contributed by atoms with E-state index in [1.807, 2.05) is 60.7 Å². The van der Waals surface area contributed by atoms with Crippen LogP contribution in [0.1, 0.15) is 11.1 Å². The molecule has 3 aromatic carbocycles. The number of H-pyrrole nitrogens is 1. The van der Waals surface area contributed by atoms with Gasteiger partial charge in [-0.2, -0.15) is 5.10 Å². The predicted molar refractivity (Wildman–Crippen MR) is 131 cm³/mol. The molecule has 7 nitrogen and oxygen atoms in total. The van der Waals surface area contributed by atoms with Crippen LogP contribution in [-0.4, -0.2) is 41.6 Å². The minimum absolute atomic E-state index is 0.203. The van der Waals surface area contributed by atoms with Crippen LogP contribution in [0.2, 0.25) is 0 Å². The van der Waals surface area contributed by atoms with Crippen molar-refractivity contribution < 1.29 is 14.3 Å². The number of carbonyl (C=O) groups is 1. The first-order valence-electron chi connectivity index (χ1n) is 10.5. The third-order valence-corrected chi connectivity index (χ3v) is 5.66. The maximum absolute atomic E-state index is 12.1. The molecule has 0 radical (unpaired) electrons. The second-order valence-corrected chi connectivity index (χ2v) is 8.10. The van der Waals surface area contributed by atoms with Crippen molar-refractivity contribution in [3.05, 3.63) is 83.9 Å². The summed E-state index contributed by atoms with van der Waals surface area (Å²) in [6.45, 7) is 0.548. The van der Waals surface area contributed by atoms with Gasteiger partial charge in [-0.15, -0.1) is 0 Å². The fourth-order valence-corrected chi connectivity index (χ4v) is 3.83. The molecule has 0 fully saturated rings. The van der Waals surface area contributed by atoms with E-state index in [-0.39, 0.29) is 11.7 Å². The van der Waals surface area contributed by atoms with Gasteiger partial charge in [-0.1, -0.05) is 54.2 Å². The number of rotatable bonds is 10. The summed E-state index contributed by atoms with van der Waals surface area (Å²) in [7, 11) is 1.59. The first-order chi connectivity index (χ1) is 16.2. The van der Waals surface area contributed by atoms with E-state index in [9.17, 15) is 4.79 Å². The molecule has 1 aromatic heterocycles. The van der Waals surface area contributed by atoms with Crippen molar-refractivity contribution in [1.29, 1.82) is 0 Å². The fourth-order valence-electron chi connectivity index (χ4n) is 3.15. The zero-order chi connectivity index (χ0) is 22.9. The number of imidazole rings is 1. The van der Waals surface area contributed by atoms with Crippen LogP contribution in [0.15, 0.2) is 83.1 Å². The van der Waals surface area contributed by atoms with Crippen LogP contribution in [0.4, 0.5) is 0 Å². The zero-order valence-electron chi connectivity index (χ0n) is 18.2. The van der Waals surface area contributed by atoms with E-state index in [0.717, 1.165) is 23.0 Å². The number of amides is 1. The Kier molecular flexibility index (Phi) is 7.60. The highest BCUT2D eigenvalue weighted by molar-refractivity contribution is 7.99. The maximum Gasteiger partial charge on any atom is 0.250 e. The largest absolute Gasteiger partial charge is 0.493 e. The summed E-state index contributed by atoms with van der Waals surface area (Å²) in [4.78, 5) is 19.7. The van der Waals surface area contributed by atoms with E-state index >= 15 is 0 Å². The Morgan fingerprint density at radius 3 is 2.73 bits per heavy atom. The van der Waals surface area contributed by atoms with Crippen molar-refractivity contribution in [3.8, 4) is 11.5 Å². The number of para-hydroxylation sites is 2. The summed E-state index contributed by atoms with van der Waals surface area (Å²) in [5.41, 5.74) is 6.36. The highest BCUT2D eigenvalue weighted by Gasteiger charge is 2.07. The molecule has 0 saturated heterocycles. The number of ether oxygens (including phenoxy) is 2. The number of benzene rings is 3. The van der Waals surface area contributed by atoms with Gasteiger partial charge in [0, 0.05) is 6.42 Å². The molecular formula is C25H24N4O3S. The lowest BCUT2D eigenvalue weighted by atomic mass is 10.2. The van der Waals surface area contributed by atoms with Gasteiger partial charge in [-0.05, 0) is 41.5 Å². The monoisotopic (exact) mass is 460 g/mol. The summed E-state index contributed by atoms with van der Waals surface area (Å²) in [5.74, 6) is 1.26. The third-order valence-electron chi connectivity index (χ3n) is 4.79. The number of hydrazone groups is 1. The topological polar surface area (TPSA) is 88.6 Å². The molecule has 168 valence electrons. The number of hydrogen-bond donors (Lipinski definition) is 2. The molecule has 0 atom stereocenters. The van der Waals surface area contributed by atoms with Crippen LogP contribution in [0.5, 0.6) is 11.5 Å². The lowest BCUT2D eigenvalue weighted by molar-refractivity contribution is -0.118. The van der Waals surface area contributed by atoms with Gasteiger partial charge in [0.25, 0.3) is 5.91 Å². The second-order valence-electron chi connectivity index (χ2n) is 7.14. The molecule has 0 saturated carbocycles. The van der Waals surface area contributed by atoms with Crippen molar-refractivity contribution in [2.24, 2.45) is 5.10 Å². The van der Waals surface area contributed by atoms with Crippen LogP contribution >= 0.6 is 11.8 Å². The molecule has 0 unspecified atom stereocenters. The van der Waals surface area contributed by atoms with Crippen molar-refractivity contribution in [1.82, 2.24) is 15.4 Å². The van der Waals surface area contributed by atoms with Crippen molar-refractivity contribution in [2.75, 3.05) is 19.5 Å². The van der Waals surface area contributed by atoms with E-state index in [0.29, 0.717) is 23.3 Å². The Hall–Kier alpha value is -3.78. The number of nitrogens with one attached hydrogen (secondary N) is 2. The van der Waals surface area contributed by atoms with Crippen molar-refractivity contribution in [3.63, 3.8) is 0 Å². The maximum atomic E-state index is 12.1. The molecule has 0 aliphatic carbocycles. The molecule has 4 rings (SSSR count). The van der Waals surface area contributed by atoms with Gasteiger partial charge in [-0.3, -0.25) is 4.79 Å². The molecule has 1 amide bonds. The molecule has 8 heteroatoms. The number of carbonyl (C=O) groups excluding carboxylic acids is 1. The normalized spacial score (nSPS) is 11.1. The first-order valence-corrected chi connectivity index (χ1v) is 11.4. The van der Waals surface area contributed by atoms with E-state index in [4.69, 9.17) is 9.47 Å². The Labute approximate surface area is 196 Å². The van der Waals surface area contributed by atoms with Crippen LogP contribution in [0.25, 0.3) is 11.0 Å². The number of nitrogens with zero attached hydrogens (tertiary/aromatic N) is 2. The Morgan fingerprint density at radius 1 is 1.09 bits per heavy atom. The Bertz CT molecular complexity index is 1210. The zero-order valence-corrected chi connectivity index (χ0v) is 19.0. The molecule has 4 aromatic rings. The summed E-state index contributed by atoms with van der Waals surface area (Å²) >= 11 is 1.33. The lowest BCUT2D eigenvalue weighted by Gasteiger charge is -2.11. The molecule has 1 heterocycles. The average molecular weight is 461 g/mol. The SMILES string of the molecule is COc1cc(/C=N/NC(=O)CSc2nc3ccccc3[nH]2)ccc1OCCc1ccccc1. The minimum atomic E-state index is -0.218. The van der Waals surface area contributed by atoms with E-state index in [1.165, 1.54) is 17.3 Å². The summed E-state index contributed by atoms with van der Waals surface area (Å²) in [5, 5.41) is 4.74. The average Bonchev–Trinajstić information content (AvgIpc) is 3.27.